The fourth-order valence-electron chi connectivity index (χ4n) is 2.35. The van der Waals surface area contributed by atoms with Crippen LogP contribution < -0.4 is 16.4 Å². The van der Waals surface area contributed by atoms with Gasteiger partial charge in [-0.15, -0.1) is 0 Å². The molecule has 26 heavy (non-hydrogen) atoms. The molecule has 2 unspecified atom stereocenters. The monoisotopic (exact) mass is 367 g/mol. The van der Waals surface area contributed by atoms with Crippen molar-refractivity contribution in [2.45, 2.75) is 33.2 Å². The fourth-order valence-corrected chi connectivity index (χ4v) is 2.35. The number of amides is 3. The van der Waals surface area contributed by atoms with Crippen LogP contribution in [-0.2, 0) is 20.7 Å². The first-order valence-electron chi connectivity index (χ1n) is 8.49. The molecular formula is C18H26FN3O4. The SMILES string of the molecule is CCOC(=O)NC(C(=O)NCC(Cc1ccc(F)cc1)C(N)=O)C(C)C. The summed E-state index contributed by atoms with van der Waals surface area (Å²) in [5.41, 5.74) is 6.13. The number of ether oxygens (including phenoxy) is 1. The summed E-state index contributed by atoms with van der Waals surface area (Å²) in [4.78, 5) is 35.6. The van der Waals surface area contributed by atoms with Crippen LogP contribution in [0.3, 0.4) is 0 Å². The Morgan fingerprint density at radius 3 is 2.31 bits per heavy atom. The molecule has 4 N–H and O–H groups in total. The Morgan fingerprint density at radius 2 is 1.81 bits per heavy atom. The predicted molar refractivity (Wildman–Crippen MR) is 94.6 cm³/mol. The number of primary amides is 1. The van der Waals surface area contributed by atoms with Crippen LogP contribution in [0.15, 0.2) is 24.3 Å². The second-order valence-electron chi connectivity index (χ2n) is 6.26. The maximum atomic E-state index is 13.0. The van der Waals surface area contributed by atoms with Crippen molar-refractivity contribution in [1.29, 1.82) is 0 Å². The Balaban J connectivity index is 2.67. The second kappa shape index (κ2) is 10.4. The zero-order chi connectivity index (χ0) is 19.7. The lowest BCUT2D eigenvalue weighted by Gasteiger charge is -2.22. The summed E-state index contributed by atoms with van der Waals surface area (Å²) in [5.74, 6) is -2.21. The zero-order valence-electron chi connectivity index (χ0n) is 15.3. The molecule has 1 aromatic rings. The molecule has 144 valence electrons. The topological polar surface area (TPSA) is 111 Å². The number of alkyl carbamates (subject to hydrolysis) is 1. The van der Waals surface area contributed by atoms with E-state index in [0.29, 0.717) is 0 Å². The van der Waals surface area contributed by atoms with Crippen LogP contribution >= 0.6 is 0 Å². The number of carbonyl (C=O) groups excluding carboxylic acids is 3. The lowest BCUT2D eigenvalue weighted by atomic mass is 9.98. The largest absolute Gasteiger partial charge is 0.450 e. The molecule has 0 saturated carbocycles. The molecule has 0 aliphatic heterocycles. The first-order valence-corrected chi connectivity index (χ1v) is 8.49. The highest BCUT2D eigenvalue weighted by Crippen LogP contribution is 2.10. The number of benzene rings is 1. The number of nitrogens with two attached hydrogens (primary N) is 1. The molecule has 0 aliphatic rings. The van der Waals surface area contributed by atoms with Gasteiger partial charge in [0.1, 0.15) is 11.9 Å². The molecule has 2 atom stereocenters. The molecule has 0 radical (unpaired) electrons. The Hall–Kier alpha value is -2.64. The van der Waals surface area contributed by atoms with Gasteiger partial charge in [0.05, 0.1) is 12.5 Å². The van der Waals surface area contributed by atoms with Crippen LogP contribution in [0.1, 0.15) is 26.3 Å². The lowest BCUT2D eigenvalue weighted by Crippen LogP contribution is -2.51. The first-order chi connectivity index (χ1) is 12.2. The van der Waals surface area contributed by atoms with Crippen molar-refractivity contribution in [1.82, 2.24) is 10.6 Å². The van der Waals surface area contributed by atoms with Gasteiger partial charge in [-0.2, -0.15) is 0 Å². The van der Waals surface area contributed by atoms with E-state index in [1.54, 1.807) is 32.9 Å². The maximum Gasteiger partial charge on any atom is 0.407 e. The number of hydrogen-bond acceptors (Lipinski definition) is 4. The number of hydrogen-bond donors (Lipinski definition) is 3. The number of carbonyl (C=O) groups is 3. The molecule has 0 bridgehead atoms. The molecule has 1 aromatic carbocycles. The van der Waals surface area contributed by atoms with Crippen molar-refractivity contribution < 1.29 is 23.5 Å². The van der Waals surface area contributed by atoms with Gasteiger partial charge in [-0.1, -0.05) is 26.0 Å². The molecule has 0 spiro atoms. The molecule has 3 amide bonds. The fraction of sp³-hybridized carbons (Fsp3) is 0.500. The molecule has 0 heterocycles. The Kier molecular flexibility index (Phi) is 8.54. The lowest BCUT2D eigenvalue weighted by molar-refractivity contribution is -0.125. The third kappa shape index (κ3) is 7.08. The van der Waals surface area contributed by atoms with E-state index in [1.165, 1.54) is 12.1 Å². The summed E-state index contributed by atoms with van der Waals surface area (Å²) >= 11 is 0. The van der Waals surface area contributed by atoms with E-state index in [9.17, 15) is 18.8 Å². The van der Waals surface area contributed by atoms with Crippen LogP contribution in [0.5, 0.6) is 0 Å². The van der Waals surface area contributed by atoms with Crippen LogP contribution in [0, 0.1) is 17.7 Å². The van der Waals surface area contributed by atoms with Crippen LogP contribution in [0.4, 0.5) is 9.18 Å². The minimum Gasteiger partial charge on any atom is -0.450 e. The summed E-state index contributed by atoms with van der Waals surface area (Å²) in [5, 5.41) is 5.14. The van der Waals surface area contributed by atoms with Crippen molar-refractivity contribution in [2.75, 3.05) is 13.2 Å². The van der Waals surface area contributed by atoms with Crippen molar-refractivity contribution in [2.24, 2.45) is 17.6 Å². The first kappa shape index (κ1) is 21.4. The third-order valence-corrected chi connectivity index (χ3v) is 3.82. The van der Waals surface area contributed by atoms with Gasteiger partial charge in [0.2, 0.25) is 11.8 Å². The van der Waals surface area contributed by atoms with Gasteiger partial charge in [0.25, 0.3) is 0 Å². The van der Waals surface area contributed by atoms with Gasteiger partial charge < -0.3 is 21.1 Å². The minimum absolute atomic E-state index is 0.0132. The Bertz CT molecular complexity index is 619. The van der Waals surface area contributed by atoms with Gasteiger partial charge in [0, 0.05) is 6.54 Å². The van der Waals surface area contributed by atoms with Gasteiger partial charge in [-0.25, -0.2) is 9.18 Å². The highest BCUT2D eigenvalue weighted by Gasteiger charge is 2.26. The highest BCUT2D eigenvalue weighted by molar-refractivity contribution is 5.86. The second-order valence-corrected chi connectivity index (χ2v) is 6.26. The summed E-state index contributed by atoms with van der Waals surface area (Å²) in [7, 11) is 0. The molecule has 7 nitrogen and oxygen atoms in total. The van der Waals surface area contributed by atoms with E-state index >= 15 is 0 Å². The van der Waals surface area contributed by atoms with E-state index < -0.39 is 29.9 Å². The average Bonchev–Trinajstić information content (AvgIpc) is 2.57. The van der Waals surface area contributed by atoms with Gasteiger partial charge >= 0.3 is 6.09 Å². The molecule has 0 aromatic heterocycles. The smallest absolute Gasteiger partial charge is 0.407 e. The molecule has 0 saturated heterocycles. The minimum atomic E-state index is -0.798. The van der Waals surface area contributed by atoms with Crippen molar-refractivity contribution in [3.63, 3.8) is 0 Å². The standard InChI is InChI=1S/C18H26FN3O4/c1-4-26-18(25)22-15(11(2)3)17(24)21-10-13(16(20)23)9-12-5-7-14(19)8-6-12/h5-8,11,13,15H,4,9-10H2,1-3H3,(H2,20,23)(H,21,24)(H,22,25). The van der Waals surface area contributed by atoms with Crippen molar-refractivity contribution in [3.05, 3.63) is 35.6 Å². The molecule has 0 aliphatic carbocycles. The van der Waals surface area contributed by atoms with Gasteiger partial charge in [-0.05, 0) is 37.0 Å². The summed E-state index contributed by atoms with van der Waals surface area (Å²) in [6.07, 6.45) is -0.410. The van der Waals surface area contributed by atoms with Gasteiger partial charge in [-0.3, -0.25) is 9.59 Å². The maximum absolute atomic E-state index is 13.0. The molecule has 0 fully saturated rings. The average molecular weight is 367 g/mol. The van der Waals surface area contributed by atoms with E-state index in [4.69, 9.17) is 10.5 Å². The summed E-state index contributed by atoms with van der Waals surface area (Å²) in [6, 6.07) is 4.92. The van der Waals surface area contributed by atoms with Crippen LogP contribution in [0.2, 0.25) is 0 Å². The Labute approximate surface area is 152 Å². The molecular weight excluding hydrogens is 341 g/mol. The van der Waals surface area contributed by atoms with E-state index in [2.05, 4.69) is 10.6 Å². The molecule has 1 rings (SSSR count). The zero-order valence-corrected chi connectivity index (χ0v) is 15.3. The number of halogens is 1. The summed E-state index contributed by atoms with van der Waals surface area (Å²) in [6.45, 7) is 5.43. The van der Waals surface area contributed by atoms with Crippen LogP contribution in [-0.4, -0.2) is 37.1 Å². The Morgan fingerprint density at radius 1 is 1.19 bits per heavy atom. The van der Waals surface area contributed by atoms with Gasteiger partial charge in [0.15, 0.2) is 0 Å². The highest BCUT2D eigenvalue weighted by atomic mass is 19.1. The quantitative estimate of drug-likeness (QED) is 0.612. The normalized spacial score (nSPS) is 13.0. The van der Waals surface area contributed by atoms with Crippen molar-refractivity contribution in [3.8, 4) is 0 Å². The number of rotatable bonds is 9. The third-order valence-electron chi connectivity index (χ3n) is 3.82. The van der Waals surface area contributed by atoms with E-state index in [0.717, 1.165) is 5.56 Å². The number of nitrogens with one attached hydrogen (secondary N) is 2. The van der Waals surface area contributed by atoms with Crippen LogP contribution in [0.25, 0.3) is 0 Å². The van der Waals surface area contributed by atoms with E-state index in [1.807, 2.05) is 0 Å². The summed E-state index contributed by atoms with van der Waals surface area (Å²) < 4.78 is 17.8. The van der Waals surface area contributed by atoms with E-state index in [-0.39, 0.29) is 31.3 Å². The van der Waals surface area contributed by atoms with Crippen molar-refractivity contribution >= 4 is 17.9 Å². The molecule has 8 heteroatoms. The predicted octanol–water partition coefficient (Wildman–Crippen LogP) is 1.36.